The lowest BCUT2D eigenvalue weighted by Crippen LogP contribution is -2.12. The van der Waals surface area contributed by atoms with E-state index in [4.69, 9.17) is 0 Å². The van der Waals surface area contributed by atoms with Crippen molar-refractivity contribution in [3.8, 4) is 0 Å². The Bertz CT molecular complexity index is 643. The lowest BCUT2D eigenvalue weighted by Gasteiger charge is -2.04. The molecule has 96 valence electrons. The van der Waals surface area contributed by atoms with Gasteiger partial charge in [-0.3, -0.25) is 9.79 Å². The van der Waals surface area contributed by atoms with Crippen LogP contribution in [0.5, 0.6) is 0 Å². The van der Waals surface area contributed by atoms with Crippen molar-refractivity contribution < 1.29 is 4.79 Å². The second-order valence-electron chi connectivity index (χ2n) is 4.39. The molecule has 19 heavy (non-hydrogen) atoms. The lowest BCUT2D eigenvalue weighted by molar-refractivity contribution is -0.114. The van der Waals surface area contributed by atoms with Crippen LogP contribution in [0.2, 0.25) is 0 Å². The maximum atomic E-state index is 11.7. The third-order valence-electron chi connectivity index (χ3n) is 3.07. The SMILES string of the molecule is CCc1cc2c(s1)NC(=O)CN=C2c1ccccc1. The largest absolute Gasteiger partial charge is 0.316 e. The quantitative estimate of drug-likeness (QED) is 0.895. The molecule has 1 N–H and O–H groups in total. The molecule has 1 aliphatic heterocycles. The zero-order valence-corrected chi connectivity index (χ0v) is 11.5. The van der Waals surface area contributed by atoms with Crippen LogP contribution in [0.25, 0.3) is 0 Å². The predicted molar refractivity (Wildman–Crippen MR) is 79.3 cm³/mol. The molecule has 0 fully saturated rings. The van der Waals surface area contributed by atoms with Crippen molar-refractivity contribution >= 4 is 28.0 Å². The van der Waals surface area contributed by atoms with Crippen LogP contribution in [-0.2, 0) is 11.2 Å². The molecule has 1 aromatic carbocycles. The van der Waals surface area contributed by atoms with E-state index in [1.807, 2.05) is 30.3 Å². The van der Waals surface area contributed by atoms with Crippen LogP contribution in [0.4, 0.5) is 5.00 Å². The summed E-state index contributed by atoms with van der Waals surface area (Å²) in [4.78, 5) is 17.4. The van der Waals surface area contributed by atoms with Crippen molar-refractivity contribution in [1.82, 2.24) is 0 Å². The Morgan fingerprint density at radius 3 is 2.84 bits per heavy atom. The van der Waals surface area contributed by atoms with Crippen molar-refractivity contribution in [2.45, 2.75) is 13.3 Å². The molecule has 0 atom stereocenters. The highest BCUT2D eigenvalue weighted by Gasteiger charge is 2.20. The van der Waals surface area contributed by atoms with Crippen molar-refractivity contribution in [3.63, 3.8) is 0 Å². The van der Waals surface area contributed by atoms with Crippen LogP contribution in [0.1, 0.15) is 22.9 Å². The first-order valence-corrected chi connectivity index (χ1v) is 7.12. The summed E-state index contributed by atoms with van der Waals surface area (Å²) in [6.45, 7) is 2.30. The summed E-state index contributed by atoms with van der Waals surface area (Å²) in [6, 6.07) is 12.2. The fourth-order valence-electron chi connectivity index (χ4n) is 2.13. The first kappa shape index (κ1) is 12.1. The van der Waals surface area contributed by atoms with Gasteiger partial charge in [0.25, 0.3) is 0 Å². The van der Waals surface area contributed by atoms with E-state index in [0.29, 0.717) is 0 Å². The number of nitrogens with one attached hydrogen (secondary N) is 1. The van der Waals surface area contributed by atoms with Gasteiger partial charge in [0.1, 0.15) is 11.5 Å². The molecule has 1 aromatic heterocycles. The van der Waals surface area contributed by atoms with Gasteiger partial charge in [-0.15, -0.1) is 11.3 Å². The molecule has 0 aliphatic carbocycles. The summed E-state index contributed by atoms with van der Waals surface area (Å²) in [5.41, 5.74) is 3.00. The topological polar surface area (TPSA) is 41.5 Å². The van der Waals surface area contributed by atoms with Crippen molar-refractivity contribution in [3.05, 3.63) is 52.4 Å². The molecule has 1 amide bonds. The molecule has 0 radical (unpaired) electrons. The molecule has 0 unspecified atom stereocenters. The average Bonchev–Trinajstić information content (AvgIpc) is 2.76. The summed E-state index contributed by atoms with van der Waals surface area (Å²) in [6.07, 6.45) is 0.968. The Morgan fingerprint density at radius 1 is 1.32 bits per heavy atom. The van der Waals surface area contributed by atoms with Crippen LogP contribution in [0.15, 0.2) is 41.4 Å². The number of aryl methyl sites for hydroxylation is 1. The van der Waals surface area contributed by atoms with Crippen LogP contribution in [-0.4, -0.2) is 18.2 Å². The highest BCUT2D eigenvalue weighted by atomic mass is 32.1. The molecule has 4 heteroatoms. The monoisotopic (exact) mass is 270 g/mol. The number of hydrogen-bond acceptors (Lipinski definition) is 3. The Morgan fingerprint density at radius 2 is 2.11 bits per heavy atom. The average molecular weight is 270 g/mol. The van der Waals surface area contributed by atoms with Crippen LogP contribution < -0.4 is 5.32 Å². The number of hydrogen-bond donors (Lipinski definition) is 1. The second kappa shape index (κ2) is 4.97. The summed E-state index contributed by atoms with van der Waals surface area (Å²) in [7, 11) is 0. The van der Waals surface area contributed by atoms with E-state index in [2.05, 4.69) is 23.3 Å². The van der Waals surface area contributed by atoms with E-state index < -0.39 is 0 Å². The van der Waals surface area contributed by atoms with Crippen molar-refractivity contribution in [1.29, 1.82) is 0 Å². The van der Waals surface area contributed by atoms with Gasteiger partial charge in [-0.05, 0) is 12.5 Å². The minimum absolute atomic E-state index is 0.0447. The summed E-state index contributed by atoms with van der Waals surface area (Å²) < 4.78 is 0. The first-order valence-electron chi connectivity index (χ1n) is 6.30. The number of aliphatic imine (C=N–C) groups is 1. The van der Waals surface area contributed by atoms with Gasteiger partial charge in [-0.1, -0.05) is 37.3 Å². The van der Waals surface area contributed by atoms with Gasteiger partial charge in [0.2, 0.25) is 5.91 Å². The maximum absolute atomic E-state index is 11.7. The minimum atomic E-state index is -0.0447. The number of fused-ring (bicyclic) bond motifs is 1. The maximum Gasteiger partial charge on any atom is 0.246 e. The first-order chi connectivity index (χ1) is 9.28. The van der Waals surface area contributed by atoms with Crippen LogP contribution in [0.3, 0.4) is 0 Å². The summed E-state index contributed by atoms with van der Waals surface area (Å²) in [5.74, 6) is -0.0447. The summed E-state index contributed by atoms with van der Waals surface area (Å²) >= 11 is 1.64. The number of nitrogens with zero attached hydrogens (tertiary/aromatic N) is 1. The van der Waals surface area contributed by atoms with E-state index in [0.717, 1.165) is 28.3 Å². The Balaban J connectivity index is 2.14. The molecule has 2 aromatic rings. The molecule has 0 spiro atoms. The number of carbonyl (C=O) groups excluding carboxylic acids is 1. The number of amides is 1. The third-order valence-corrected chi connectivity index (χ3v) is 4.26. The molecular formula is C15H14N2OS. The van der Waals surface area contributed by atoms with E-state index in [-0.39, 0.29) is 12.5 Å². The Kier molecular flexibility index (Phi) is 3.17. The number of carbonyl (C=O) groups is 1. The normalized spacial score (nSPS) is 14.4. The van der Waals surface area contributed by atoms with E-state index in [1.165, 1.54) is 4.88 Å². The Hall–Kier alpha value is -1.94. The highest BCUT2D eigenvalue weighted by molar-refractivity contribution is 7.16. The summed E-state index contributed by atoms with van der Waals surface area (Å²) in [5, 5.41) is 3.86. The minimum Gasteiger partial charge on any atom is -0.316 e. The van der Waals surface area contributed by atoms with E-state index >= 15 is 0 Å². The zero-order valence-electron chi connectivity index (χ0n) is 10.6. The van der Waals surface area contributed by atoms with Gasteiger partial charge in [0.15, 0.2) is 0 Å². The van der Waals surface area contributed by atoms with Crippen molar-refractivity contribution in [2.24, 2.45) is 4.99 Å². The molecule has 0 saturated carbocycles. The molecule has 1 aliphatic rings. The van der Waals surface area contributed by atoms with Crippen molar-refractivity contribution in [2.75, 3.05) is 11.9 Å². The van der Waals surface area contributed by atoms with E-state index in [1.54, 1.807) is 11.3 Å². The van der Waals surface area contributed by atoms with Gasteiger partial charge >= 0.3 is 0 Å². The predicted octanol–water partition coefficient (Wildman–Crippen LogP) is 3.10. The second-order valence-corrected chi connectivity index (χ2v) is 5.52. The van der Waals surface area contributed by atoms with Gasteiger partial charge < -0.3 is 5.32 Å². The molecule has 3 nitrogen and oxygen atoms in total. The third kappa shape index (κ3) is 2.31. The van der Waals surface area contributed by atoms with E-state index in [9.17, 15) is 4.79 Å². The molecule has 2 heterocycles. The van der Waals surface area contributed by atoms with Gasteiger partial charge in [-0.25, -0.2) is 0 Å². The van der Waals surface area contributed by atoms with Crippen LogP contribution in [0, 0.1) is 0 Å². The lowest BCUT2D eigenvalue weighted by atomic mass is 10.0. The molecule has 0 saturated heterocycles. The zero-order chi connectivity index (χ0) is 13.2. The Labute approximate surface area is 116 Å². The van der Waals surface area contributed by atoms with Crippen LogP contribution >= 0.6 is 11.3 Å². The number of anilines is 1. The number of benzene rings is 1. The van der Waals surface area contributed by atoms with Gasteiger partial charge in [0, 0.05) is 16.0 Å². The smallest absolute Gasteiger partial charge is 0.246 e. The highest BCUT2D eigenvalue weighted by Crippen LogP contribution is 2.32. The fourth-order valence-corrected chi connectivity index (χ4v) is 3.14. The fraction of sp³-hybridized carbons (Fsp3) is 0.200. The molecular weight excluding hydrogens is 256 g/mol. The van der Waals surface area contributed by atoms with Gasteiger partial charge in [-0.2, -0.15) is 0 Å². The standard InChI is InChI=1S/C15H14N2OS/c1-2-11-8-12-14(10-6-4-3-5-7-10)16-9-13(18)17-15(12)19-11/h3-8H,2,9H2,1H3,(H,17,18). The molecule has 0 bridgehead atoms. The number of thiophene rings is 1. The molecule has 3 rings (SSSR count). The van der Waals surface area contributed by atoms with Gasteiger partial charge in [0.05, 0.1) is 5.71 Å². The number of rotatable bonds is 2.